The number of ether oxygens (including phenoxy) is 2. The van der Waals surface area contributed by atoms with E-state index in [0.29, 0.717) is 24.7 Å². The third-order valence-electron chi connectivity index (χ3n) is 3.25. The van der Waals surface area contributed by atoms with E-state index < -0.39 is 0 Å². The first-order chi connectivity index (χ1) is 12.2. The quantitative estimate of drug-likeness (QED) is 0.640. The molecule has 5 nitrogen and oxygen atoms in total. The van der Waals surface area contributed by atoms with E-state index in [1.165, 1.54) is 0 Å². The molecule has 2 rings (SSSR count). The number of benzene rings is 2. The number of hydrogen-bond acceptors (Lipinski definition) is 4. The molecule has 0 saturated carbocycles. The van der Waals surface area contributed by atoms with Gasteiger partial charge in [-0.05, 0) is 30.7 Å². The van der Waals surface area contributed by atoms with Crippen molar-refractivity contribution in [3.05, 3.63) is 61.2 Å². The summed E-state index contributed by atoms with van der Waals surface area (Å²) in [7, 11) is 0. The van der Waals surface area contributed by atoms with Gasteiger partial charge in [0.05, 0.1) is 13.2 Å². The average molecular weight is 340 g/mol. The monoisotopic (exact) mass is 340 g/mol. The van der Waals surface area contributed by atoms with Crippen molar-refractivity contribution in [1.29, 1.82) is 0 Å². The van der Waals surface area contributed by atoms with Crippen LogP contribution in [-0.4, -0.2) is 25.7 Å². The van der Waals surface area contributed by atoms with Gasteiger partial charge >= 0.3 is 0 Å². The Balaban J connectivity index is 1.85. The van der Waals surface area contributed by atoms with Gasteiger partial charge in [0.25, 0.3) is 0 Å². The lowest BCUT2D eigenvalue weighted by atomic mass is 10.3. The highest BCUT2D eigenvalue weighted by atomic mass is 16.5. The maximum Gasteiger partial charge on any atom is 0.243 e. The molecule has 0 fully saturated rings. The van der Waals surface area contributed by atoms with Gasteiger partial charge in [0.15, 0.2) is 0 Å². The fourth-order valence-corrected chi connectivity index (χ4v) is 2.12. The third-order valence-corrected chi connectivity index (χ3v) is 3.25. The summed E-state index contributed by atoms with van der Waals surface area (Å²) in [6.07, 6.45) is 2.63. The van der Waals surface area contributed by atoms with E-state index in [4.69, 9.17) is 9.47 Å². The second kappa shape index (κ2) is 10.0. The fraction of sp³-hybridized carbons (Fsp3) is 0.250. The second-order valence-corrected chi connectivity index (χ2v) is 5.41. The smallest absolute Gasteiger partial charge is 0.243 e. The summed E-state index contributed by atoms with van der Waals surface area (Å²) in [5.41, 5.74) is 1.53. The first-order valence-electron chi connectivity index (χ1n) is 8.31. The summed E-state index contributed by atoms with van der Waals surface area (Å²) in [6, 6.07) is 14.8. The maximum absolute atomic E-state index is 12.1. The summed E-state index contributed by atoms with van der Waals surface area (Å²) < 4.78 is 11.0. The molecule has 2 aromatic rings. The van der Waals surface area contributed by atoms with Gasteiger partial charge in [-0.2, -0.15) is 0 Å². The summed E-state index contributed by atoms with van der Waals surface area (Å²) in [5.74, 6) is 1.34. The molecule has 0 aliphatic carbocycles. The molecule has 0 aliphatic heterocycles. The first-order valence-corrected chi connectivity index (χ1v) is 8.31. The Morgan fingerprint density at radius 1 is 1.08 bits per heavy atom. The van der Waals surface area contributed by atoms with Gasteiger partial charge in [-0.1, -0.05) is 31.7 Å². The van der Waals surface area contributed by atoms with Gasteiger partial charge in [-0.25, -0.2) is 0 Å². The van der Waals surface area contributed by atoms with Crippen LogP contribution < -0.4 is 20.1 Å². The van der Waals surface area contributed by atoms with Crippen molar-refractivity contribution in [1.82, 2.24) is 0 Å². The maximum atomic E-state index is 12.1. The van der Waals surface area contributed by atoms with Crippen LogP contribution in [0.25, 0.3) is 0 Å². The molecule has 0 unspecified atom stereocenters. The number of nitrogens with one attached hydrogen (secondary N) is 2. The predicted molar refractivity (Wildman–Crippen MR) is 101 cm³/mol. The van der Waals surface area contributed by atoms with E-state index in [2.05, 4.69) is 24.1 Å². The normalized spacial score (nSPS) is 9.96. The number of hydrogen-bond donors (Lipinski definition) is 2. The van der Waals surface area contributed by atoms with Crippen LogP contribution in [0.1, 0.15) is 13.3 Å². The van der Waals surface area contributed by atoms with Gasteiger partial charge in [-0.15, -0.1) is 0 Å². The van der Waals surface area contributed by atoms with E-state index in [-0.39, 0.29) is 12.5 Å². The topological polar surface area (TPSA) is 59.6 Å². The van der Waals surface area contributed by atoms with Crippen molar-refractivity contribution in [2.75, 3.05) is 30.4 Å². The van der Waals surface area contributed by atoms with Crippen LogP contribution in [-0.2, 0) is 4.79 Å². The molecule has 0 aromatic heterocycles. The van der Waals surface area contributed by atoms with Crippen LogP contribution >= 0.6 is 0 Å². The zero-order valence-corrected chi connectivity index (χ0v) is 14.5. The van der Waals surface area contributed by atoms with Gasteiger partial charge < -0.3 is 20.1 Å². The Morgan fingerprint density at radius 2 is 1.76 bits per heavy atom. The van der Waals surface area contributed by atoms with Crippen molar-refractivity contribution >= 4 is 17.3 Å². The Bertz CT molecular complexity index is 701. The molecule has 0 atom stereocenters. The molecule has 0 aliphatic rings. The number of carbonyl (C=O) groups excluding carboxylic acids is 1. The molecule has 5 heteroatoms. The molecular weight excluding hydrogens is 316 g/mol. The van der Waals surface area contributed by atoms with E-state index in [9.17, 15) is 4.79 Å². The fourth-order valence-electron chi connectivity index (χ4n) is 2.12. The molecule has 0 spiro atoms. The minimum atomic E-state index is -0.138. The summed E-state index contributed by atoms with van der Waals surface area (Å²) in [5, 5.41) is 5.93. The Kier molecular flexibility index (Phi) is 7.38. The number of carbonyl (C=O) groups is 1. The summed E-state index contributed by atoms with van der Waals surface area (Å²) in [6.45, 7) is 6.93. The first kappa shape index (κ1) is 18.4. The van der Waals surface area contributed by atoms with Crippen LogP contribution in [0, 0.1) is 0 Å². The van der Waals surface area contributed by atoms with Gasteiger partial charge in [0, 0.05) is 23.5 Å². The van der Waals surface area contributed by atoms with Crippen LogP contribution in [0.5, 0.6) is 11.5 Å². The number of rotatable bonds is 10. The minimum Gasteiger partial charge on any atom is -0.494 e. The standard InChI is InChI=1S/C20H24N2O3/c1-3-11-24-18-9-5-7-16(13-18)21-15-20(23)22-17-8-6-10-19(14-17)25-12-4-2/h4-10,13-14,21H,2-3,11-12,15H2,1H3,(H,22,23). The molecule has 2 aromatic carbocycles. The molecular formula is C20H24N2O3. The van der Waals surface area contributed by atoms with Crippen molar-refractivity contribution in [2.24, 2.45) is 0 Å². The van der Waals surface area contributed by atoms with Crippen LogP contribution in [0.15, 0.2) is 61.2 Å². The zero-order chi connectivity index (χ0) is 17.9. The highest BCUT2D eigenvalue weighted by Gasteiger charge is 2.04. The van der Waals surface area contributed by atoms with Crippen molar-refractivity contribution in [2.45, 2.75) is 13.3 Å². The van der Waals surface area contributed by atoms with E-state index in [0.717, 1.165) is 17.9 Å². The van der Waals surface area contributed by atoms with Crippen molar-refractivity contribution in [3.8, 4) is 11.5 Å². The third kappa shape index (κ3) is 6.59. The highest BCUT2D eigenvalue weighted by Crippen LogP contribution is 2.19. The lowest BCUT2D eigenvalue weighted by molar-refractivity contribution is -0.114. The van der Waals surface area contributed by atoms with E-state index in [1.54, 1.807) is 12.1 Å². The summed E-state index contributed by atoms with van der Waals surface area (Å²) in [4.78, 5) is 12.1. The Hall–Kier alpha value is -2.95. The Labute approximate surface area is 148 Å². The van der Waals surface area contributed by atoms with E-state index >= 15 is 0 Å². The SMILES string of the molecule is C=CCOc1cccc(NC(=O)CNc2cccc(OCCC)c2)c1. The molecule has 0 radical (unpaired) electrons. The molecule has 1 amide bonds. The largest absolute Gasteiger partial charge is 0.494 e. The average Bonchev–Trinajstić information content (AvgIpc) is 2.64. The van der Waals surface area contributed by atoms with Gasteiger partial charge in [0.2, 0.25) is 5.91 Å². The predicted octanol–water partition coefficient (Wildman–Crippen LogP) is 4.09. The van der Waals surface area contributed by atoms with Crippen LogP contribution in [0.2, 0.25) is 0 Å². The van der Waals surface area contributed by atoms with Crippen molar-refractivity contribution in [3.63, 3.8) is 0 Å². The second-order valence-electron chi connectivity index (χ2n) is 5.41. The number of anilines is 2. The molecule has 0 saturated heterocycles. The van der Waals surface area contributed by atoms with Crippen LogP contribution in [0.4, 0.5) is 11.4 Å². The molecule has 132 valence electrons. The molecule has 0 bridgehead atoms. The molecule has 25 heavy (non-hydrogen) atoms. The van der Waals surface area contributed by atoms with E-state index in [1.807, 2.05) is 42.5 Å². The summed E-state index contributed by atoms with van der Waals surface area (Å²) >= 11 is 0. The lowest BCUT2D eigenvalue weighted by Crippen LogP contribution is -2.21. The number of amides is 1. The Morgan fingerprint density at radius 3 is 2.48 bits per heavy atom. The van der Waals surface area contributed by atoms with Crippen molar-refractivity contribution < 1.29 is 14.3 Å². The van der Waals surface area contributed by atoms with Gasteiger partial charge in [0.1, 0.15) is 18.1 Å². The zero-order valence-electron chi connectivity index (χ0n) is 14.5. The lowest BCUT2D eigenvalue weighted by Gasteiger charge is -2.11. The molecule has 0 heterocycles. The van der Waals surface area contributed by atoms with Crippen LogP contribution in [0.3, 0.4) is 0 Å². The molecule has 2 N–H and O–H groups in total. The highest BCUT2D eigenvalue weighted by molar-refractivity contribution is 5.93. The van der Waals surface area contributed by atoms with Gasteiger partial charge in [-0.3, -0.25) is 4.79 Å². The minimum absolute atomic E-state index is 0.138.